The number of fused-ring (bicyclic) bond motifs is 1. The molecule has 3 aromatic rings. The summed E-state index contributed by atoms with van der Waals surface area (Å²) in [6, 6.07) is 12.3. The minimum absolute atomic E-state index is 0.0984. The van der Waals surface area contributed by atoms with E-state index in [9.17, 15) is 4.39 Å². The predicted molar refractivity (Wildman–Crippen MR) is 84.4 cm³/mol. The Morgan fingerprint density at radius 2 is 2.00 bits per heavy atom. The molecule has 2 aromatic carbocycles. The Hall–Kier alpha value is -2.27. The van der Waals surface area contributed by atoms with Gasteiger partial charge in [0.05, 0.1) is 0 Å². The molecule has 0 saturated heterocycles. The maximum atomic E-state index is 14.2. The first-order chi connectivity index (χ1) is 10.2. The van der Waals surface area contributed by atoms with Gasteiger partial charge in [0.15, 0.2) is 11.6 Å². The van der Waals surface area contributed by atoms with Crippen LogP contribution in [0.5, 0.6) is 11.5 Å². The van der Waals surface area contributed by atoms with Gasteiger partial charge in [-0.3, -0.25) is 4.98 Å². The molecule has 0 aliphatic heterocycles. The second-order valence-corrected chi connectivity index (χ2v) is 5.28. The van der Waals surface area contributed by atoms with E-state index in [2.05, 4.69) is 4.98 Å². The minimum Gasteiger partial charge on any atom is -0.451 e. The van der Waals surface area contributed by atoms with Crippen molar-refractivity contribution in [2.45, 2.75) is 4.90 Å². The highest BCUT2D eigenvalue weighted by molar-refractivity contribution is 7.98. The number of anilines is 1. The van der Waals surface area contributed by atoms with Crippen LogP contribution in [0.2, 0.25) is 0 Å². The second-order valence-electron chi connectivity index (χ2n) is 4.43. The van der Waals surface area contributed by atoms with Gasteiger partial charge >= 0.3 is 0 Å². The average Bonchev–Trinajstić information content (AvgIpc) is 2.52. The monoisotopic (exact) mass is 300 g/mol. The fourth-order valence-corrected chi connectivity index (χ4v) is 2.65. The minimum atomic E-state index is -0.519. The predicted octanol–water partition coefficient (Wildman–Crippen LogP) is 4.47. The first-order valence-electron chi connectivity index (χ1n) is 6.34. The van der Waals surface area contributed by atoms with E-state index in [1.54, 1.807) is 24.4 Å². The lowest BCUT2D eigenvalue weighted by atomic mass is 10.1. The molecule has 0 radical (unpaired) electrons. The number of para-hydroxylation sites is 1. The summed E-state index contributed by atoms with van der Waals surface area (Å²) in [4.78, 5) is 5.13. The van der Waals surface area contributed by atoms with Gasteiger partial charge in [-0.25, -0.2) is 4.39 Å². The number of aromatic nitrogens is 1. The fourth-order valence-electron chi connectivity index (χ4n) is 2.12. The molecule has 21 heavy (non-hydrogen) atoms. The smallest absolute Gasteiger partial charge is 0.189 e. The molecule has 1 aromatic heterocycles. The lowest BCUT2D eigenvalue weighted by Crippen LogP contribution is -1.96. The highest BCUT2D eigenvalue weighted by Gasteiger charge is 2.15. The van der Waals surface area contributed by atoms with Crippen LogP contribution in [0.25, 0.3) is 10.9 Å². The molecule has 106 valence electrons. The average molecular weight is 300 g/mol. The molecule has 0 aliphatic rings. The number of benzene rings is 2. The molecular formula is C16H13FN2OS. The summed E-state index contributed by atoms with van der Waals surface area (Å²) in [5.41, 5.74) is 6.61. The van der Waals surface area contributed by atoms with Crippen LogP contribution in [-0.2, 0) is 0 Å². The van der Waals surface area contributed by atoms with Gasteiger partial charge in [0.25, 0.3) is 0 Å². The van der Waals surface area contributed by atoms with Crippen molar-refractivity contribution in [1.29, 1.82) is 0 Å². The number of nitrogens with two attached hydrogens (primary N) is 1. The fraction of sp³-hybridized carbons (Fsp3) is 0.0625. The highest BCUT2D eigenvalue weighted by atomic mass is 32.2. The first-order valence-corrected chi connectivity index (χ1v) is 7.56. The number of thioether (sulfide) groups is 1. The maximum absolute atomic E-state index is 14.2. The summed E-state index contributed by atoms with van der Waals surface area (Å²) in [5, 5.41) is 0.676. The van der Waals surface area contributed by atoms with E-state index in [1.807, 2.05) is 24.5 Å². The summed E-state index contributed by atoms with van der Waals surface area (Å²) in [5.74, 6) is 0.177. The lowest BCUT2D eigenvalue weighted by Gasteiger charge is -2.13. The molecule has 0 spiro atoms. The lowest BCUT2D eigenvalue weighted by molar-refractivity contribution is 0.438. The van der Waals surface area contributed by atoms with E-state index in [0.717, 1.165) is 4.90 Å². The van der Waals surface area contributed by atoms with E-state index in [4.69, 9.17) is 10.5 Å². The SMILES string of the molecule is CSc1ccccc1Oc1c(F)cc(N)c2cccnc12. The summed E-state index contributed by atoms with van der Waals surface area (Å²) in [6.45, 7) is 0. The molecule has 3 nitrogen and oxygen atoms in total. The second kappa shape index (κ2) is 5.61. The normalized spacial score (nSPS) is 10.8. The van der Waals surface area contributed by atoms with E-state index in [0.29, 0.717) is 22.3 Å². The molecule has 0 atom stereocenters. The third-order valence-corrected chi connectivity index (χ3v) is 3.89. The quantitative estimate of drug-likeness (QED) is 0.572. The number of nitrogen functional groups attached to an aromatic ring is 1. The Kier molecular flexibility index (Phi) is 3.66. The molecule has 1 heterocycles. The van der Waals surface area contributed by atoms with Crippen molar-refractivity contribution in [3.8, 4) is 11.5 Å². The first kappa shape index (κ1) is 13.7. The zero-order valence-electron chi connectivity index (χ0n) is 11.3. The van der Waals surface area contributed by atoms with Crippen LogP contribution in [0.15, 0.2) is 53.6 Å². The van der Waals surface area contributed by atoms with E-state index >= 15 is 0 Å². The Bertz CT molecular complexity index is 807. The van der Waals surface area contributed by atoms with Gasteiger partial charge in [-0.2, -0.15) is 0 Å². The zero-order chi connectivity index (χ0) is 14.8. The van der Waals surface area contributed by atoms with E-state index in [1.165, 1.54) is 17.8 Å². The summed E-state index contributed by atoms with van der Waals surface area (Å²) < 4.78 is 20.0. The topological polar surface area (TPSA) is 48.1 Å². The van der Waals surface area contributed by atoms with Crippen molar-refractivity contribution < 1.29 is 9.13 Å². The van der Waals surface area contributed by atoms with Crippen LogP contribution in [0.1, 0.15) is 0 Å². The third-order valence-electron chi connectivity index (χ3n) is 3.11. The number of halogens is 1. The van der Waals surface area contributed by atoms with Crippen molar-refractivity contribution in [3.63, 3.8) is 0 Å². The molecule has 0 bridgehead atoms. The van der Waals surface area contributed by atoms with Crippen molar-refractivity contribution in [2.24, 2.45) is 0 Å². The van der Waals surface area contributed by atoms with Crippen LogP contribution in [0.4, 0.5) is 10.1 Å². The Morgan fingerprint density at radius 3 is 2.81 bits per heavy atom. The van der Waals surface area contributed by atoms with E-state index < -0.39 is 5.82 Å². The van der Waals surface area contributed by atoms with E-state index in [-0.39, 0.29) is 5.75 Å². The van der Waals surface area contributed by atoms with Crippen LogP contribution >= 0.6 is 11.8 Å². The van der Waals surface area contributed by atoms with Gasteiger partial charge in [0.1, 0.15) is 11.3 Å². The Labute approximate surface area is 125 Å². The molecule has 0 fully saturated rings. The summed E-state index contributed by atoms with van der Waals surface area (Å²) in [7, 11) is 0. The van der Waals surface area contributed by atoms with Crippen LogP contribution in [0, 0.1) is 5.82 Å². The van der Waals surface area contributed by atoms with Crippen LogP contribution < -0.4 is 10.5 Å². The Balaban J connectivity index is 2.17. The maximum Gasteiger partial charge on any atom is 0.189 e. The third kappa shape index (κ3) is 2.52. The highest BCUT2D eigenvalue weighted by Crippen LogP contribution is 2.37. The molecule has 0 saturated carbocycles. The molecule has 0 unspecified atom stereocenters. The van der Waals surface area contributed by atoms with Crippen LogP contribution in [0.3, 0.4) is 0 Å². The van der Waals surface area contributed by atoms with Gasteiger partial charge in [-0.15, -0.1) is 11.8 Å². The van der Waals surface area contributed by atoms with Crippen molar-refractivity contribution >= 4 is 28.4 Å². The molecule has 0 aliphatic carbocycles. The van der Waals surface area contributed by atoms with Crippen molar-refractivity contribution in [2.75, 3.05) is 12.0 Å². The molecule has 3 rings (SSSR count). The largest absolute Gasteiger partial charge is 0.451 e. The molecule has 5 heteroatoms. The van der Waals surface area contributed by atoms with Gasteiger partial charge in [-0.05, 0) is 30.5 Å². The summed E-state index contributed by atoms with van der Waals surface area (Å²) >= 11 is 1.54. The zero-order valence-corrected chi connectivity index (χ0v) is 12.2. The molecule has 0 amide bonds. The number of nitrogens with zero attached hydrogens (tertiary/aromatic N) is 1. The van der Waals surface area contributed by atoms with Crippen molar-refractivity contribution in [3.05, 3.63) is 54.5 Å². The standard InChI is InChI=1S/C16H13FN2OS/c1-21-14-7-3-2-6-13(14)20-16-11(17)9-12(18)10-5-4-8-19-15(10)16/h2-9H,18H2,1H3. The number of pyridine rings is 1. The number of rotatable bonds is 3. The van der Waals surface area contributed by atoms with Crippen LogP contribution in [-0.4, -0.2) is 11.2 Å². The van der Waals surface area contributed by atoms with Gasteiger partial charge in [0, 0.05) is 28.2 Å². The van der Waals surface area contributed by atoms with Gasteiger partial charge in [0.2, 0.25) is 0 Å². The molecule has 2 N–H and O–H groups in total. The Morgan fingerprint density at radius 1 is 1.19 bits per heavy atom. The number of hydrogen-bond donors (Lipinski definition) is 1. The number of ether oxygens (including phenoxy) is 1. The van der Waals surface area contributed by atoms with Gasteiger partial charge < -0.3 is 10.5 Å². The van der Waals surface area contributed by atoms with Crippen molar-refractivity contribution in [1.82, 2.24) is 4.98 Å². The number of hydrogen-bond acceptors (Lipinski definition) is 4. The summed E-state index contributed by atoms with van der Waals surface area (Å²) in [6.07, 6.45) is 3.53. The van der Waals surface area contributed by atoms with Gasteiger partial charge in [-0.1, -0.05) is 12.1 Å². The molecular weight excluding hydrogens is 287 g/mol.